The van der Waals surface area contributed by atoms with E-state index in [0.29, 0.717) is 22.5 Å². The Bertz CT molecular complexity index is 523. The van der Waals surface area contributed by atoms with E-state index in [4.69, 9.17) is 17.3 Å². The quantitative estimate of drug-likeness (QED) is 0.667. The van der Waals surface area contributed by atoms with Crippen molar-refractivity contribution in [1.29, 1.82) is 0 Å². The molecule has 1 saturated heterocycles. The summed E-state index contributed by atoms with van der Waals surface area (Å²) in [6, 6.07) is 5.11. The maximum absolute atomic E-state index is 11.1. The summed E-state index contributed by atoms with van der Waals surface area (Å²) in [5, 5.41) is 11.5. The van der Waals surface area contributed by atoms with E-state index in [1.165, 1.54) is 6.07 Å². The Kier molecular flexibility index (Phi) is 3.11. The highest BCUT2D eigenvalue weighted by atomic mass is 35.5. The molecule has 19 heavy (non-hydrogen) atoms. The third-order valence-electron chi connectivity index (χ3n) is 4.39. The fourth-order valence-corrected chi connectivity index (χ4v) is 3.58. The van der Waals surface area contributed by atoms with E-state index in [0.717, 1.165) is 25.9 Å². The van der Waals surface area contributed by atoms with Crippen LogP contribution in [0.4, 0.5) is 11.4 Å². The van der Waals surface area contributed by atoms with Crippen LogP contribution in [0.1, 0.15) is 12.8 Å². The van der Waals surface area contributed by atoms with Crippen molar-refractivity contribution in [2.24, 2.45) is 17.6 Å². The number of hydrogen-bond acceptors (Lipinski definition) is 4. The number of halogens is 1. The van der Waals surface area contributed by atoms with Gasteiger partial charge >= 0.3 is 0 Å². The van der Waals surface area contributed by atoms with Crippen LogP contribution in [0.15, 0.2) is 18.2 Å². The van der Waals surface area contributed by atoms with E-state index in [1.54, 1.807) is 12.1 Å². The third-order valence-corrected chi connectivity index (χ3v) is 4.62. The number of anilines is 1. The average molecular weight is 282 g/mol. The molecule has 102 valence electrons. The molecule has 2 fully saturated rings. The molecule has 1 aliphatic carbocycles. The lowest BCUT2D eigenvalue weighted by atomic mass is 9.98. The van der Waals surface area contributed by atoms with Crippen LogP contribution in [-0.4, -0.2) is 24.1 Å². The number of hydrogen-bond donors (Lipinski definition) is 1. The van der Waals surface area contributed by atoms with Gasteiger partial charge in [0.25, 0.3) is 5.69 Å². The van der Waals surface area contributed by atoms with Gasteiger partial charge in [-0.3, -0.25) is 10.1 Å². The van der Waals surface area contributed by atoms with E-state index >= 15 is 0 Å². The van der Waals surface area contributed by atoms with Gasteiger partial charge in [-0.1, -0.05) is 11.6 Å². The number of nitro benzene ring substituents is 1. The molecular weight excluding hydrogens is 266 g/mol. The van der Waals surface area contributed by atoms with Crippen molar-refractivity contribution >= 4 is 23.0 Å². The van der Waals surface area contributed by atoms with Crippen molar-refractivity contribution in [3.8, 4) is 0 Å². The Balaban J connectivity index is 1.90. The number of fused-ring (bicyclic) bond motifs is 1. The molecule has 0 aromatic heterocycles. The summed E-state index contributed by atoms with van der Waals surface area (Å²) >= 11 is 5.84. The molecule has 3 unspecified atom stereocenters. The first-order chi connectivity index (χ1) is 9.06. The van der Waals surface area contributed by atoms with Crippen LogP contribution in [0, 0.1) is 22.0 Å². The highest BCUT2D eigenvalue weighted by molar-refractivity contribution is 6.30. The van der Waals surface area contributed by atoms with Crippen molar-refractivity contribution in [3.63, 3.8) is 0 Å². The van der Waals surface area contributed by atoms with Gasteiger partial charge in [0, 0.05) is 30.2 Å². The fraction of sp³-hybridized carbons (Fsp3) is 0.538. The zero-order valence-corrected chi connectivity index (χ0v) is 11.2. The highest BCUT2D eigenvalue weighted by Gasteiger charge is 2.42. The van der Waals surface area contributed by atoms with Gasteiger partial charge in [-0.25, -0.2) is 0 Å². The molecule has 1 saturated carbocycles. The number of nitro groups is 1. The molecule has 0 radical (unpaired) electrons. The molecule has 2 aliphatic rings. The predicted octanol–water partition coefficient (Wildman–Crippen LogP) is 2.42. The first kappa shape index (κ1) is 12.7. The molecule has 1 heterocycles. The molecule has 0 bridgehead atoms. The van der Waals surface area contributed by atoms with Gasteiger partial charge in [-0.15, -0.1) is 0 Å². The van der Waals surface area contributed by atoms with Crippen LogP contribution in [0.2, 0.25) is 5.02 Å². The van der Waals surface area contributed by atoms with Gasteiger partial charge in [-0.2, -0.15) is 0 Å². The minimum Gasteiger partial charge on any atom is -0.365 e. The molecule has 1 aromatic rings. The smallest absolute Gasteiger partial charge is 0.294 e. The summed E-state index contributed by atoms with van der Waals surface area (Å²) in [6.45, 7) is 1.68. The first-order valence-electron chi connectivity index (χ1n) is 6.50. The highest BCUT2D eigenvalue weighted by Crippen LogP contribution is 2.41. The van der Waals surface area contributed by atoms with Crippen LogP contribution in [0.3, 0.4) is 0 Å². The molecule has 3 atom stereocenters. The van der Waals surface area contributed by atoms with Crippen LogP contribution in [-0.2, 0) is 0 Å². The molecule has 5 nitrogen and oxygen atoms in total. The van der Waals surface area contributed by atoms with E-state index in [9.17, 15) is 10.1 Å². The molecule has 2 N–H and O–H groups in total. The Morgan fingerprint density at radius 3 is 2.84 bits per heavy atom. The van der Waals surface area contributed by atoms with Gasteiger partial charge in [0.05, 0.1) is 4.92 Å². The van der Waals surface area contributed by atoms with Crippen molar-refractivity contribution in [2.75, 3.05) is 18.0 Å². The summed E-state index contributed by atoms with van der Waals surface area (Å²) in [4.78, 5) is 12.9. The first-order valence-corrected chi connectivity index (χ1v) is 6.88. The van der Waals surface area contributed by atoms with Gasteiger partial charge in [0.1, 0.15) is 5.69 Å². The standard InChI is InChI=1S/C13H16ClN3O2/c14-9-2-4-12(13(5-9)17(18)19)16-6-8-1-3-11(15)10(8)7-16/h2,4-5,8,10-11H,1,3,6-7,15H2. The second-order valence-corrected chi connectivity index (χ2v) is 5.90. The maximum atomic E-state index is 11.1. The number of rotatable bonds is 2. The second-order valence-electron chi connectivity index (χ2n) is 5.46. The van der Waals surface area contributed by atoms with E-state index in [2.05, 4.69) is 4.90 Å². The number of nitrogens with zero attached hydrogens (tertiary/aromatic N) is 2. The molecule has 0 amide bonds. The van der Waals surface area contributed by atoms with Gasteiger partial charge in [0.15, 0.2) is 0 Å². The van der Waals surface area contributed by atoms with Gasteiger partial charge < -0.3 is 10.6 Å². The lowest BCUT2D eigenvalue weighted by Gasteiger charge is -2.20. The maximum Gasteiger partial charge on any atom is 0.294 e. The largest absolute Gasteiger partial charge is 0.365 e. The van der Waals surface area contributed by atoms with Crippen LogP contribution in [0.5, 0.6) is 0 Å². The Labute approximate surface area is 116 Å². The van der Waals surface area contributed by atoms with E-state index < -0.39 is 0 Å². The summed E-state index contributed by atoms with van der Waals surface area (Å²) < 4.78 is 0. The zero-order chi connectivity index (χ0) is 13.6. The number of benzene rings is 1. The van der Waals surface area contributed by atoms with Crippen LogP contribution in [0.25, 0.3) is 0 Å². The van der Waals surface area contributed by atoms with Gasteiger partial charge in [-0.05, 0) is 36.8 Å². The average Bonchev–Trinajstić information content (AvgIpc) is 2.92. The lowest BCUT2D eigenvalue weighted by molar-refractivity contribution is -0.384. The zero-order valence-electron chi connectivity index (χ0n) is 10.5. The molecule has 3 rings (SSSR count). The summed E-state index contributed by atoms with van der Waals surface area (Å²) in [6.07, 6.45) is 2.20. The van der Waals surface area contributed by atoms with Crippen molar-refractivity contribution in [3.05, 3.63) is 33.3 Å². The van der Waals surface area contributed by atoms with E-state index in [1.807, 2.05) is 0 Å². The van der Waals surface area contributed by atoms with Crippen LogP contribution >= 0.6 is 11.6 Å². The van der Waals surface area contributed by atoms with Crippen molar-refractivity contribution in [2.45, 2.75) is 18.9 Å². The summed E-state index contributed by atoms with van der Waals surface area (Å²) in [5.74, 6) is 1.04. The normalized spacial score (nSPS) is 29.6. The Morgan fingerprint density at radius 2 is 2.16 bits per heavy atom. The molecule has 6 heteroatoms. The molecule has 1 aliphatic heterocycles. The van der Waals surface area contributed by atoms with E-state index in [-0.39, 0.29) is 16.7 Å². The molecule has 0 spiro atoms. The van der Waals surface area contributed by atoms with Crippen LogP contribution < -0.4 is 10.6 Å². The Morgan fingerprint density at radius 1 is 1.37 bits per heavy atom. The number of nitrogens with two attached hydrogens (primary N) is 1. The second kappa shape index (κ2) is 4.65. The lowest BCUT2D eigenvalue weighted by Crippen LogP contribution is -2.30. The van der Waals surface area contributed by atoms with Gasteiger partial charge in [0.2, 0.25) is 0 Å². The van der Waals surface area contributed by atoms with Crippen molar-refractivity contribution < 1.29 is 4.92 Å². The minimum absolute atomic E-state index is 0.0843. The van der Waals surface area contributed by atoms with Crippen molar-refractivity contribution in [1.82, 2.24) is 0 Å². The topological polar surface area (TPSA) is 72.4 Å². The summed E-state index contributed by atoms with van der Waals surface area (Å²) in [5.41, 5.74) is 6.85. The SMILES string of the molecule is NC1CCC2CN(c3ccc(Cl)cc3[N+](=O)[O-])CC12. The molecular formula is C13H16ClN3O2. The summed E-state index contributed by atoms with van der Waals surface area (Å²) in [7, 11) is 0. The minimum atomic E-state index is -0.366. The monoisotopic (exact) mass is 281 g/mol. The third kappa shape index (κ3) is 2.17. The molecule has 1 aromatic carbocycles. The fourth-order valence-electron chi connectivity index (χ4n) is 3.41. The predicted molar refractivity (Wildman–Crippen MR) is 74.5 cm³/mol. The Hall–Kier alpha value is -1.33.